The number of allylic oxidation sites excluding steroid dienone is 2. The minimum atomic E-state index is -1.26. The average Bonchev–Trinajstić information content (AvgIpc) is 3.44. The number of phenolic OH excluding ortho intramolecular Hbond substituents is 1. The Morgan fingerprint density at radius 3 is 2.19 bits per heavy atom. The molecular formula is C36H30Br2N2O7. The van der Waals surface area contributed by atoms with Gasteiger partial charge in [-0.3, -0.25) is 28.9 Å². The number of nitrogens with zero attached hydrogens (tertiary/aromatic N) is 2. The first kappa shape index (κ1) is 31.5. The van der Waals surface area contributed by atoms with Gasteiger partial charge in [-0.1, -0.05) is 29.8 Å². The number of hydrogen-bond donors (Lipinski definition) is 1. The van der Waals surface area contributed by atoms with Crippen molar-refractivity contribution in [1.82, 2.24) is 0 Å². The van der Waals surface area contributed by atoms with Crippen molar-refractivity contribution >= 4 is 72.6 Å². The van der Waals surface area contributed by atoms with E-state index in [2.05, 4.69) is 31.9 Å². The van der Waals surface area contributed by atoms with Crippen molar-refractivity contribution in [2.45, 2.75) is 32.6 Å². The molecule has 3 aromatic carbocycles. The van der Waals surface area contributed by atoms with E-state index in [1.54, 1.807) is 61.5 Å². The summed E-state index contributed by atoms with van der Waals surface area (Å²) in [5, 5.41) is 10.8. The second-order valence-electron chi connectivity index (χ2n) is 12.8. The molecule has 11 heteroatoms. The molecule has 2 saturated heterocycles. The Hall–Kier alpha value is -4.09. The zero-order chi connectivity index (χ0) is 33.5. The van der Waals surface area contributed by atoms with Crippen molar-refractivity contribution in [3.05, 3.63) is 92.4 Å². The lowest BCUT2D eigenvalue weighted by Gasteiger charge is -2.49. The maximum absolute atomic E-state index is 14.6. The lowest BCUT2D eigenvalue weighted by atomic mass is 9.51. The van der Waals surface area contributed by atoms with Gasteiger partial charge in [-0.2, -0.15) is 0 Å². The molecule has 0 aromatic heterocycles. The highest BCUT2D eigenvalue weighted by Gasteiger charge is 2.68. The Morgan fingerprint density at radius 1 is 0.894 bits per heavy atom. The zero-order valence-corrected chi connectivity index (χ0v) is 28.9. The summed E-state index contributed by atoms with van der Waals surface area (Å²) in [4.78, 5) is 71.5. The number of ketones is 1. The van der Waals surface area contributed by atoms with Crippen LogP contribution in [0.25, 0.3) is 0 Å². The third-order valence-electron chi connectivity index (χ3n) is 10.5. The van der Waals surface area contributed by atoms with Crippen LogP contribution in [-0.2, 0) is 19.2 Å². The molecule has 2 aliphatic carbocycles. The molecule has 1 N–H and O–H groups in total. The Bertz CT molecular complexity index is 1930. The van der Waals surface area contributed by atoms with Crippen LogP contribution in [0, 0.1) is 29.1 Å². The van der Waals surface area contributed by atoms with Gasteiger partial charge >= 0.3 is 0 Å². The number of ether oxygens (including phenoxy) is 1. The van der Waals surface area contributed by atoms with Crippen LogP contribution in [0.3, 0.4) is 0 Å². The highest BCUT2D eigenvalue weighted by atomic mass is 79.9. The van der Waals surface area contributed by atoms with Gasteiger partial charge in [0.15, 0.2) is 17.3 Å². The Balaban J connectivity index is 1.39. The summed E-state index contributed by atoms with van der Waals surface area (Å²) in [6.07, 6.45) is 2.45. The van der Waals surface area contributed by atoms with Crippen molar-refractivity contribution in [3.8, 4) is 11.5 Å². The molecule has 0 spiro atoms. The average molecular weight is 762 g/mol. The van der Waals surface area contributed by atoms with E-state index in [0.717, 1.165) is 5.57 Å². The molecule has 3 aromatic rings. The molecule has 0 unspecified atom stereocenters. The van der Waals surface area contributed by atoms with E-state index < -0.39 is 35.0 Å². The minimum absolute atomic E-state index is 0.126. The van der Waals surface area contributed by atoms with E-state index in [-0.39, 0.29) is 53.8 Å². The van der Waals surface area contributed by atoms with E-state index in [9.17, 15) is 29.1 Å². The van der Waals surface area contributed by atoms with Crippen molar-refractivity contribution in [2.24, 2.45) is 29.1 Å². The molecule has 4 amide bonds. The number of hydrogen-bond acceptors (Lipinski definition) is 7. The smallest absolute Gasteiger partial charge is 0.241 e. The Morgan fingerprint density at radius 2 is 1.55 bits per heavy atom. The first-order chi connectivity index (χ1) is 22.4. The maximum Gasteiger partial charge on any atom is 0.241 e. The van der Waals surface area contributed by atoms with Crippen molar-refractivity contribution in [2.75, 3.05) is 16.9 Å². The topological polar surface area (TPSA) is 121 Å². The van der Waals surface area contributed by atoms with Gasteiger partial charge < -0.3 is 9.84 Å². The predicted molar refractivity (Wildman–Crippen MR) is 180 cm³/mol. The number of anilines is 2. The molecule has 9 nitrogen and oxygen atoms in total. The molecule has 0 radical (unpaired) electrons. The number of aromatic hydroxyl groups is 1. The maximum atomic E-state index is 14.6. The first-order valence-corrected chi connectivity index (χ1v) is 16.9. The number of halogens is 2. The number of fused-ring (bicyclic) bond motifs is 4. The fourth-order valence-corrected chi connectivity index (χ4v) is 9.22. The van der Waals surface area contributed by atoms with Crippen molar-refractivity contribution in [1.29, 1.82) is 0 Å². The molecule has 6 atom stereocenters. The lowest BCUT2D eigenvalue weighted by Crippen LogP contribution is -2.49. The number of imide groups is 2. The van der Waals surface area contributed by atoms with Crippen LogP contribution < -0.4 is 14.5 Å². The number of carbonyl (C=O) groups is 5. The quantitative estimate of drug-likeness (QED) is 0.178. The largest absolute Gasteiger partial charge is 0.503 e. The molecule has 47 heavy (non-hydrogen) atoms. The summed E-state index contributed by atoms with van der Waals surface area (Å²) < 4.78 is 6.32. The fourth-order valence-electron chi connectivity index (χ4n) is 8.26. The van der Waals surface area contributed by atoms with E-state index in [1.807, 2.05) is 12.1 Å². The second kappa shape index (κ2) is 11.3. The molecule has 0 bridgehead atoms. The van der Waals surface area contributed by atoms with Crippen LogP contribution in [0.5, 0.6) is 11.5 Å². The zero-order valence-electron chi connectivity index (χ0n) is 25.7. The number of benzene rings is 3. The summed E-state index contributed by atoms with van der Waals surface area (Å²) in [7, 11) is 1.43. The predicted octanol–water partition coefficient (Wildman–Crippen LogP) is 6.56. The van der Waals surface area contributed by atoms with Crippen LogP contribution in [0.15, 0.2) is 81.3 Å². The number of carbonyl (C=O) groups excluding carboxylic acids is 5. The van der Waals surface area contributed by atoms with E-state index in [4.69, 9.17) is 4.74 Å². The lowest BCUT2D eigenvalue weighted by molar-refractivity contribution is -0.131. The van der Waals surface area contributed by atoms with Gasteiger partial charge in [-0.05, 0) is 112 Å². The van der Waals surface area contributed by atoms with E-state index >= 15 is 0 Å². The summed E-state index contributed by atoms with van der Waals surface area (Å²) in [6.45, 7) is 3.25. The standard InChI is InChI=1S/C36H30Br2N2O7/c1-17(41)18-9-11-20(12-10-18)39-32(43)22-14-13-21-23(27(22)34(39)45)15-25-33(44)40(19-7-5-4-6-8-19)35(46)36(25,2)28(21)24-16-26(47-3)31(42)30(38)29(24)37/h4-13,16,22-23,25,27-28,42H,14-15H2,1-3H3/t22-,23+,25-,27-,28+,36+/m0/s1. The fraction of sp³-hybridized carbons (Fsp3) is 0.306. The van der Waals surface area contributed by atoms with Crippen LogP contribution in [0.4, 0.5) is 11.4 Å². The number of rotatable bonds is 5. The van der Waals surface area contributed by atoms with Gasteiger partial charge in [0, 0.05) is 16.0 Å². The number of methoxy groups -OCH3 is 1. The first-order valence-electron chi connectivity index (χ1n) is 15.3. The normalized spacial score (nSPS) is 28.2. The van der Waals surface area contributed by atoms with Crippen LogP contribution >= 0.6 is 31.9 Å². The van der Waals surface area contributed by atoms with Gasteiger partial charge in [-0.25, -0.2) is 4.90 Å². The van der Waals surface area contributed by atoms with E-state index in [1.165, 1.54) is 23.8 Å². The third-order valence-corrected chi connectivity index (χ3v) is 12.7. The van der Waals surface area contributed by atoms with Gasteiger partial charge in [0.2, 0.25) is 23.6 Å². The van der Waals surface area contributed by atoms with Gasteiger partial charge in [0.05, 0.1) is 46.1 Å². The number of Topliss-reactive ketones (excluding diaryl/α,β-unsaturated/α-hetero) is 1. The summed E-state index contributed by atoms with van der Waals surface area (Å²) >= 11 is 7.11. The highest BCUT2D eigenvalue weighted by molar-refractivity contribution is 9.13. The van der Waals surface area contributed by atoms with Crippen LogP contribution in [0.2, 0.25) is 0 Å². The highest BCUT2D eigenvalue weighted by Crippen LogP contribution is 2.65. The van der Waals surface area contributed by atoms with Crippen LogP contribution in [-0.4, -0.2) is 41.6 Å². The third kappa shape index (κ3) is 4.42. The monoisotopic (exact) mass is 760 g/mol. The molecule has 240 valence electrons. The molecule has 1 saturated carbocycles. The van der Waals surface area contributed by atoms with Crippen molar-refractivity contribution in [3.63, 3.8) is 0 Å². The molecule has 3 fully saturated rings. The summed E-state index contributed by atoms with van der Waals surface area (Å²) in [5.41, 5.74) is 1.46. The van der Waals surface area contributed by atoms with Gasteiger partial charge in [-0.15, -0.1) is 0 Å². The number of amides is 4. The van der Waals surface area contributed by atoms with Crippen molar-refractivity contribution < 1.29 is 33.8 Å². The molecule has 2 heterocycles. The van der Waals surface area contributed by atoms with Gasteiger partial charge in [0.1, 0.15) is 0 Å². The Labute approximate surface area is 287 Å². The summed E-state index contributed by atoms with van der Waals surface area (Å²) in [6, 6.07) is 16.9. The number of phenols is 1. The van der Waals surface area contributed by atoms with Crippen LogP contribution in [0.1, 0.15) is 48.5 Å². The molecule has 7 rings (SSSR count). The molecule has 2 aliphatic heterocycles. The second-order valence-corrected chi connectivity index (χ2v) is 14.3. The Kier molecular flexibility index (Phi) is 7.55. The minimum Gasteiger partial charge on any atom is -0.503 e. The SMILES string of the molecule is COc1cc([C@H]2C3=CC[C@@H]4C(=O)N(c5ccc(C(C)=O)cc5)C(=O)[C@@H]4[C@@H]3C[C@H]3C(=O)N(c4ccccc4)C(=O)[C@@]23C)c(Br)c(Br)c1O. The molecular weight excluding hydrogens is 732 g/mol. The van der Waals surface area contributed by atoms with Gasteiger partial charge in [0.25, 0.3) is 0 Å². The van der Waals surface area contributed by atoms with E-state index in [0.29, 0.717) is 31.4 Å². The number of para-hydroxylation sites is 1. The molecule has 4 aliphatic rings. The summed E-state index contributed by atoms with van der Waals surface area (Å²) in [5.74, 6) is -4.92.